The molecule has 0 aliphatic heterocycles. The Hall–Kier alpha value is -1.94. The minimum absolute atomic E-state index is 0.106. The minimum Gasteiger partial charge on any atom is -0.462 e. The summed E-state index contributed by atoms with van der Waals surface area (Å²) in [6.07, 6.45) is 55.5. The molecule has 0 heterocycles. The zero-order chi connectivity index (χ0) is 71.6. The number of aliphatic hydroxyl groups is 1. The van der Waals surface area contributed by atoms with E-state index < -0.39 is 97.5 Å². The van der Waals surface area contributed by atoms with Crippen LogP contribution in [0.3, 0.4) is 0 Å². The van der Waals surface area contributed by atoms with Crippen LogP contribution in [-0.4, -0.2) is 96.7 Å². The Morgan fingerprint density at radius 2 is 0.526 bits per heavy atom. The summed E-state index contributed by atoms with van der Waals surface area (Å²) < 4.78 is 68.6. The number of phosphoric acid groups is 2. The molecular weight excluding hydrogens is 1270 g/mol. The third-order valence-corrected chi connectivity index (χ3v) is 20.4. The molecule has 0 spiro atoms. The number of unbranched alkanes of at least 4 members (excludes halogenated alkanes) is 43. The highest BCUT2D eigenvalue weighted by Gasteiger charge is 2.30. The average molecular weight is 1420 g/mol. The van der Waals surface area contributed by atoms with Gasteiger partial charge in [-0.3, -0.25) is 37.3 Å². The van der Waals surface area contributed by atoms with Crippen LogP contribution in [0.5, 0.6) is 0 Å². The molecular formula is C78H152O17P2. The Kier molecular flexibility index (Phi) is 67.1. The maximum Gasteiger partial charge on any atom is 0.472 e. The van der Waals surface area contributed by atoms with Gasteiger partial charge in [-0.1, -0.05) is 350 Å². The number of esters is 4. The van der Waals surface area contributed by atoms with Crippen molar-refractivity contribution in [1.29, 1.82) is 0 Å². The molecule has 6 atom stereocenters. The lowest BCUT2D eigenvalue weighted by Gasteiger charge is -2.21. The molecule has 0 fully saturated rings. The summed E-state index contributed by atoms with van der Waals surface area (Å²) in [4.78, 5) is 72.9. The van der Waals surface area contributed by atoms with Gasteiger partial charge in [0.1, 0.15) is 19.3 Å². The number of carbonyl (C=O) groups is 4. The lowest BCUT2D eigenvalue weighted by atomic mass is 9.99. The molecule has 0 radical (unpaired) electrons. The van der Waals surface area contributed by atoms with Crippen LogP contribution < -0.4 is 0 Å². The standard InChI is InChI=1S/C78H152O17P2/c1-8-10-11-12-13-14-15-20-28-33-38-47-54-61-78(83)95-74(66-89-76(81)60-53-46-41-40-43-50-57-70(5)6)68-93-97(86,87)91-64-72(79)63-90-96(84,85)92-67-73(65-88-75(80)59-52-45-37-32-27-23-18-16-21-25-30-35-42-49-56-69(3)4)94-77(82)62-55-48-39-34-29-24-19-17-22-26-31-36-44-51-58-71(7)9-2/h69-74,79H,8-68H2,1-7H3,(H,84,85)(H,86,87)/t71?,72-,73-,74-/m1/s1. The summed E-state index contributed by atoms with van der Waals surface area (Å²) in [6, 6.07) is 0. The second-order valence-electron chi connectivity index (χ2n) is 29.3. The Morgan fingerprint density at radius 1 is 0.299 bits per heavy atom. The number of phosphoric ester groups is 2. The first-order valence-electron chi connectivity index (χ1n) is 40.4. The summed E-state index contributed by atoms with van der Waals surface area (Å²) in [5.41, 5.74) is 0. The van der Waals surface area contributed by atoms with E-state index in [0.29, 0.717) is 31.6 Å². The van der Waals surface area contributed by atoms with Gasteiger partial charge in [0, 0.05) is 25.7 Å². The number of hydrogen-bond donors (Lipinski definition) is 3. The first kappa shape index (κ1) is 95.1. The normalized spacial score (nSPS) is 14.3. The predicted molar refractivity (Wildman–Crippen MR) is 395 cm³/mol. The fourth-order valence-corrected chi connectivity index (χ4v) is 13.5. The van der Waals surface area contributed by atoms with Crippen molar-refractivity contribution in [2.24, 2.45) is 17.8 Å². The molecule has 0 saturated carbocycles. The van der Waals surface area contributed by atoms with Gasteiger partial charge >= 0.3 is 39.5 Å². The number of ether oxygens (including phenoxy) is 4. The number of rotatable bonds is 76. The molecule has 0 saturated heterocycles. The zero-order valence-corrected chi connectivity index (χ0v) is 65.3. The van der Waals surface area contributed by atoms with Crippen molar-refractivity contribution in [2.45, 2.75) is 420 Å². The van der Waals surface area contributed by atoms with Gasteiger partial charge in [-0.2, -0.15) is 0 Å². The molecule has 0 amide bonds. The lowest BCUT2D eigenvalue weighted by molar-refractivity contribution is -0.161. The van der Waals surface area contributed by atoms with Crippen LogP contribution in [-0.2, 0) is 65.4 Å². The van der Waals surface area contributed by atoms with Crippen LogP contribution in [0.25, 0.3) is 0 Å². The minimum atomic E-state index is -4.96. The van der Waals surface area contributed by atoms with Crippen molar-refractivity contribution in [3.8, 4) is 0 Å². The van der Waals surface area contributed by atoms with Crippen molar-refractivity contribution in [3.05, 3.63) is 0 Å². The van der Waals surface area contributed by atoms with Crippen molar-refractivity contribution in [2.75, 3.05) is 39.6 Å². The zero-order valence-electron chi connectivity index (χ0n) is 63.5. The maximum atomic E-state index is 13.1. The Labute approximate surface area is 594 Å². The van der Waals surface area contributed by atoms with E-state index in [1.54, 1.807) is 0 Å². The van der Waals surface area contributed by atoms with Gasteiger partial charge < -0.3 is 33.8 Å². The number of hydrogen-bond acceptors (Lipinski definition) is 15. The van der Waals surface area contributed by atoms with Gasteiger partial charge in [0.05, 0.1) is 26.4 Å². The van der Waals surface area contributed by atoms with Gasteiger partial charge in [0.2, 0.25) is 0 Å². The van der Waals surface area contributed by atoms with Gasteiger partial charge in [-0.05, 0) is 43.4 Å². The molecule has 17 nitrogen and oxygen atoms in total. The molecule has 0 aromatic carbocycles. The van der Waals surface area contributed by atoms with Gasteiger partial charge in [0.15, 0.2) is 12.2 Å². The molecule has 0 rings (SSSR count). The van der Waals surface area contributed by atoms with Crippen LogP contribution in [0.15, 0.2) is 0 Å². The molecule has 0 aliphatic rings. The first-order chi connectivity index (χ1) is 46.8. The summed E-state index contributed by atoms with van der Waals surface area (Å²) in [7, 11) is -9.91. The van der Waals surface area contributed by atoms with Gasteiger partial charge in [0.25, 0.3) is 0 Å². The maximum absolute atomic E-state index is 13.1. The van der Waals surface area contributed by atoms with E-state index in [4.69, 9.17) is 37.0 Å². The van der Waals surface area contributed by atoms with Crippen molar-refractivity contribution in [1.82, 2.24) is 0 Å². The van der Waals surface area contributed by atoms with Gasteiger partial charge in [-0.25, -0.2) is 9.13 Å². The summed E-state index contributed by atoms with van der Waals surface area (Å²) >= 11 is 0. The second-order valence-corrected chi connectivity index (χ2v) is 32.2. The van der Waals surface area contributed by atoms with Gasteiger partial charge in [-0.15, -0.1) is 0 Å². The van der Waals surface area contributed by atoms with Crippen LogP contribution in [0.2, 0.25) is 0 Å². The first-order valence-corrected chi connectivity index (χ1v) is 43.4. The van der Waals surface area contributed by atoms with Crippen molar-refractivity contribution >= 4 is 39.5 Å². The molecule has 0 aromatic rings. The Balaban J connectivity index is 5.23. The highest BCUT2D eigenvalue weighted by atomic mass is 31.2. The third kappa shape index (κ3) is 70.9. The topological polar surface area (TPSA) is 237 Å². The molecule has 19 heteroatoms. The quantitative estimate of drug-likeness (QED) is 0.0222. The predicted octanol–water partition coefficient (Wildman–Crippen LogP) is 23.0. The highest BCUT2D eigenvalue weighted by molar-refractivity contribution is 7.47. The van der Waals surface area contributed by atoms with E-state index in [0.717, 1.165) is 108 Å². The molecule has 3 unspecified atom stereocenters. The third-order valence-electron chi connectivity index (χ3n) is 18.5. The van der Waals surface area contributed by atoms with E-state index in [1.807, 2.05) is 0 Å². The Bertz CT molecular complexity index is 1890. The summed E-state index contributed by atoms with van der Waals surface area (Å²) in [5, 5.41) is 10.6. The average Bonchev–Trinajstić information content (AvgIpc) is 1.09. The van der Waals surface area contributed by atoms with E-state index in [2.05, 4.69) is 48.5 Å². The second kappa shape index (κ2) is 68.5. The smallest absolute Gasteiger partial charge is 0.462 e. The van der Waals surface area contributed by atoms with Crippen LogP contribution >= 0.6 is 15.6 Å². The molecule has 3 N–H and O–H groups in total. The molecule has 0 aliphatic carbocycles. The summed E-state index contributed by atoms with van der Waals surface area (Å²) in [5.74, 6) is 0.209. The van der Waals surface area contributed by atoms with E-state index >= 15 is 0 Å². The van der Waals surface area contributed by atoms with Crippen LogP contribution in [0.1, 0.15) is 402 Å². The molecule has 97 heavy (non-hydrogen) atoms. The van der Waals surface area contributed by atoms with E-state index in [9.17, 15) is 43.2 Å². The summed E-state index contributed by atoms with van der Waals surface area (Å²) in [6.45, 7) is 11.9. The Morgan fingerprint density at radius 3 is 0.784 bits per heavy atom. The SMILES string of the molecule is CCCCCCCCCCCCCCCC(=O)O[C@H](COC(=O)CCCCCCCCC(C)C)COP(=O)(O)OC[C@H](O)COP(=O)(O)OC[C@@H](COC(=O)CCCCCCCCCCCCCCCCC(C)C)OC(=O)CCCCCCCCCCCCCCCCC(C)CC. The fourth-order valence-electron chi connectivity index (χ4n) is 11.9. The van der Waals surface area contributed by atoms with Crippen LogP contribution in [0, 0.1) is 17.8 Å². The van der Waals surface area contributed by atoms with E-state index in [-0.39, 0.29) is 25.7 Å². The monoisotopic (exact) mass is 1420 g/mol. The number of carbonyl (C=O) groups excluding carboxylic acids is 4. The molecule has 0 aromatic heterocycles. The number of aliphatic hydroxyl groups excluding tert-OH is 1. The van der Waals surface area contributed by atoms with Crippen molar-refractivity contribution in [3.63, 3.8) is 0 Å². The largest absolute Gasteiger partial charge is 0.472 e. The van der Waals surface area contributed by atoms with E-state index in [1.165, 1.54) is 205 Å². The van der Waals surface area contributed by atoms with Crippen molar-refractivity contribution < 1.29 is 80.2 Å². The lowest BCUT2D eigenvalue weighted by Crippen LogP contribution is -2.30. The fraction of sp³-hybridized carbons (Fsp3) is 0.949. The highest BCUT2D eigenvalue weighted by Crippen LogP contribution is 2.45. The van der Waals surface area contributed by atoms with Crippen LogP contribution in [0.4, 0.5) is 0 Å². The molecule has 0 bridgehead atoms. The molecule has 576 valence electrons.